The van der Waals surface area contributed by atoms with Crippen molar-refractivity contribution in [2.45, 2.75) is 26.9 Å². The van der Waals surface area contributed by atoms with Gasteiger partial charge in [-0.05, 0) is 38.1 Å². The lowest BCUT2D eigenvalue weighted by Gasteiger charge is -2.09. The van der Waals surface area contributed by atoms with E-state index in [1.165, 1.54) is 5.56 Å². The summed E-state index contributed by atoms with van der Waals surface area (Å²) in [6, 6.07) is 14.2. The summed E-state index contributed by atoms with van der Waals surface area (Å²) < 4.78 is 7.69. The number of oxazole rings is 1. The summed E-state index contributed by atoms with van der Waals surface area (Å²) in [7, 11) is 1.74. The standard InChI is InChI=1S/C22H24N6O/c1-15-7-9-17(10-8-15)21-27-19(14-29-21)12-25-22(23-3)24-11-18-13-28-16(2)5-4-6-20(28)26-18/h4-10,13-14H,11-12H2,1-3H3,(H2,23,24,25). The number of aliphatic imine (C=N–C) groups is 1. The number of hydrogen-bond acceptors (Lipinski definition) is 4. The Labute approximate surface area is 169 Å². The van der Waals surface area contributed by atoms with E-state index in [4.69, 9.17) is 4.42 Å². The second-order valence-corrected chi connectivity index (χ2v) is 6.92. The number of imidazole rings is 1. The predicted octanol–water partition coefficient (Wildman–Crippen LogP) is 3.47. The molecule has 0 fully saturated rings. The zero-order chi connectivity index (χ0) is 20.2. The van der Waals surface area contributed by atoms with Crippen LogP contribution in [0.25, 0.3) is 17.1 Å². The summed E-state index contributed by atoms with van der Waals surface area (Å²) in [6.45, 7) is 5.21. The molecule has 0 amide bonds. The normalized spacial score (nSPS) is 11.8. The van der Waals surface area contributed by atoms with Gasteiger partial charge in [0.05, 0.1) is 24.5 Å². The quantitative estimate of drug-likeness (QED) is 0.404. The summed E-state index contributed by atoms with van der Waals surface area (Å²) in [6.07, 6.45) is 3.71. The molecular formula is C22H24N6O. The molecule has 1 aromatic carbocycles. The lowest BCUT2D eigenvalue weighted by Crippen LogP contribution is -2.36. The number of benzene rings is 1. The summed E-state index contributed by atoms with van der Waals surface area (Å²) in [5.74, 6) is 1.29. The van der Waals surface area contributed by atoms with Crippen molar-refractivity contribution in [3.8, 4) is 11.5 Å². The number of hydrogen-bond donors (Lipinski definition) is 2. The molecule has 7 heteroatoms. The Balaban J connectivity index is 1.35. The first-order valence-corrected chi connectivity index (χ1v) is 9.52. The van der Waals surface area contributed by atoms with E-state index in [9.17, 15) is 0 Å². The maximum absolute atomic E-state index is 5.61. The first-order chi connectivity index (χ1) is 14.1. The lowest BCUT2D eigenvalue weighted by atomic mass is 10.1. The van der Waals surface area contributed by atoms with Crippen LogP contribution >= 0.6 is 0 Å². The second-order valence-electron chi connectivity index (χ2n) is 6.92. The van der Waals surface area contributed by atoms with Gasteiger partial charge in [0, 0.05) is 24.5 Å². The predicted molar refractivity (Wildman–Crippen MR) is 114 cm³/mol. The summed E-state index contributed by atoms with van der Waals surface area (Å²) >= 11 is 0. The fourth-order valence-electron chi connectivity index (χ4n) is 3.07. The maximum atomic E-state index is 5.61. The van der Waals surface area contributed by atoms with Crippen molar-refractivity contribution >= 4 is 11.6 Å². The van der Waals surface area contributed by atoms with Gasteiger partial charge in [0.25, 0.3) is 0 Å². The largest absolute Gasteiger partial charge is 0.444 e. The van der Waals surface area contributed by atoms with Crippen LogP contribution in [0.1, 0.15) is 22.6 Å². The van der Waals surface area contributed by atoms with Crippen molar-refractivity contribution < 1.29 is 4.42 Å². The number of aryl methyl sites for hydroxylation is 2. The van der Waals surface area contributed by atoms with Crippen LogP contribution in [0.4, 0.5) is 0 Å². The van der Waals surface area contributed by atoms with Crippen LogP contribution < -0.4 is 10.6 Å². The third kappa shape index (κ3) is 4.29. The Hall–Kier alpha value is -3.61. The van der Waals surface area contributed by atoms with E-state index in [1.54, 1.807) is 13.3 Å². The molecule has 0 aliphatic carbocycles. The van der Waals surface area contributed by atoms with Crippen LogP contribution in [-0.2, 0) is 13.1 Å². The van der Waals surface area contributed by atoms with E-state index in [-0.39, 0.29) is 0 Å². The monoisotopic (exact) mass is 388 g/mol. The highest BCUT2D eigenvalue weighted by Crippen LogP contribution is 2.19. The molecule has 0 saturated heterocycles. The molecule has 4 aromatic rings. The van der Waals surface area contributed by atoms with Crippen LogP contribution in [0.2, 0.25) is 0 Å². The van der Waals surface area contributed by atoms with Crippen molar-refractivity contribution in [1.29, 1.82) is 0 Å². The Morgan fingerprint density at radius 1 is 1.00 bits per heavy atom. The maximum Gasteiger partial charge on any atom is 0.226 e. The van der Waals surface area contributed by atoms with Crippen LogP contribution in [0.3, 0.4) is 0 Å². The zero-order valence-corrected chi connectivity index (χ0v) is 16.8. The van der Waals surface area contributed by atoms with E-state index in [2.05, 4.69) is 49.9 Å². The van der Waals surface area contributed by atoms with Crippen LogP contribution in [0.5, 0.6) is 0 Å². The molecule has 0 saturated carbocycles. The molecular weight excluding hydrogens is 364 g/mol. The van der Waals surface area contributed by atoms with Crippen LogP contribution in [-0.4, -0.2) is 27.4 Å². The molecule has 0 bridgehead atoms. The van der Waals surface area contributed by atoms with Crippen molar-refractivity contribution in [2.75, 3.05) is 7.05 Å². The number of rotatable bonds is 5. The average Bonchev–Trinajstić information content (AvgIpc) is 3.36. The van der Waals surface area contributed by atoms with Gasteiger partial charge in [-0.3, -0.25) is 4.99 Å². The van der Waals surface area contributed by atoms with Gasteiger partial charge in [-0.1, -0.05) is 23.8 Å². The second kappa shape index (κ2) is 8.18. The number of pyridine rings is 1. The molecule has 4 rings (SSSR count). The van der Waals surface area contributed by atoms with Crippen molar-refractivity contribution in [3.05, 3.63) is 77.6 Å². The molecule has 0 radical (unpaired) electrons. The Morgan fingerprint density at radius 2 is 1.76 bits per heavy atom. The van der Waals surface area contributed by atoms with Crippen LogP contribution in [0.15, 0.2) is 64.3 Å². The minimum absolute atomic E-state index is 0.513. The van der Waals surface area contributed by atoms with E-state index < -0.39 is 0 Å². The molecule has 148 valence electrons. The molecule has 0 spiro atoms. The Bertz CT molecular complexity index is 1140. The fraction of sp³-hybridized carbons (Fsp3) is 0.227. The van der Waals surface area contributed by atoms with E-state index in [1.807, 2.05) is 42.6 Å². The first kappa shape index (κ1) is 18.7. The topological polar surface area (TPSA) is 79.8 Å². The average molecular weight is 388 g/mol. The highest BCUT2D eigenvalue weighted by atomic mass is 16.3. The zero-order valence-electron chi connectivity index (χ0n) is 16.8. The third-order valence-electron chi connectivity index (χ3n) is 4.69. The molecule has 3 heterocycles. The number of aromatic nitrogens is 3. The lowest BCUT2D eigenvalue weighted by molar-refractivity contribution is 0.572. The van der Waals surface area contributed by atoms with Gasteiger partial charge in [0.2, 0.25) is 5.89 Å². The van der Waals surface area contributed by atoms with Crippen molar-refractivity contribution in [1.82, 2.24) is 25.0 Å². The molecule has 7 nitrogen and oxygen atoms in total. The van der Waals surface area contributed by atoms with Gasteiger partial charge in [-0.15, -0.1) is 0 Å². The minimum Gasteiger partial charge on any atom is -0.444 e. The van der Waals surface area contributed by atoms with Gasteiger partial charge < -0.3 is 19.5 Å². The first-order valence-electron chi connectivity index (χ1n) is 9.52. The van der Waals surface area contributed by atoms with Crippen molar-refractivity contribution in [3.63, 3.8) is 0 Å². The van der Waals surface area contributed by atoms with Gasteiger partial charge in [-0.2, -0.15) is 0 Å². The molecule has 0 unspecified atom stereocenters. The number of guanidine groups is 1. The molecule has 2 N–H and O–H groups in total. The van der Waals surface area contributed by atoms with Gasteiger partial charge in [0.1, 0.15) is 11.9 Å². The molecule has 0 atom stereocenters. The van der Waals surface area contributed by atoms with Crippen LogP contribution in [0, 0.1) is 13.8 Å². The summed E-state index contributed by atoms with van der Waals surface area (Å²) in [5, 5.41) is 6.54. The number of fused-ring (bicyclic) bond motifs is 1. The molecule has 29 heavy (non-hydrogen) atoms. The van der Waals surface area contributed by atoms with Gasteiger partial charge >= 0.3 is 0 Å². The third-order valence-corrected chi connectivity index (χ3v) is 4.69. The molecule has 0 aliphatic rings. The number of nitrogens with one attached hydrogen (secondary N) is 2. The summed E-state index contributed by atoms with van der Waals surface area (Å²) in [5.41, 5.74) is 6.02. The smallest absolute Gasteiger partial charge is 0.226 e. The Morgan fingerprint density at radius 3 is 2.48 bits per heavy atom. The van der Waals surface area contributed by atoms with E-state index in [0.717, 1.165) is 28.3 Å². The highest BCUT2D eigenvalue weighted by Gasteiger charge is 2.08. The molecule has 0 aliphatic heterocycles. The fourth-order valence-corrected chi connectivity index (χ4v) is 3.07. The van der Waals surface area contributed by atoms with E-state index in [0.29, 0.717) is 24.9 Å². The van der Waals surface area contributed by atoms with E-state index >= 15 is 0 Å². The number of nitrogens with zero attached hydrogens (tertiary/aromatic N) is 4. The molecule has 3 aromatic heterocycles. The minimum atomic E-state index is 0.513. The highest BCUT2D eigenvalue weighted by molar-refractivity contribution is 5.79. The Kier molecular flexibility index (Phi) is 5.29. The van der Waals surface area contributed by atoms with Crippen molar-refractivity contribution in [2.24, 2.45) is 4.99 Å². The summed E-state index contributed by atoms with van der Waals surface area (Å²) in [4.78, 5) is 13.4. The van der Waals surface area contributed by atoms with Gasteiger partial charge in [-0.25, -0.2) is 9.97 Å². The van der Waals surface area contributed by atoms with Gasteiger partial charge in [0.15, 0.2) is 5.96 Å². The SMILES string of the molecule is CN=C(NCc1coc(-c2ccc(C)cc2)n1)NCc1cn2c(C)cccc2n1.